The van der Waals surface area contributed by atoms with Crippen LogP contribution >= 0.6 is 12.2 Å². The number of rotatable bonds is 2. The summed E-state index contributed by atoms with van der Waals surface area (Å²) >= 11 is 5.34. The topological polar surface area (TPSA) is 27.3 Å². The van der Waals surface area contributed by atoms with E-state index >= 15 is 0 Å². The summed E-state index contributed by atoms with van der Waals surface area (Å²) < 4.78 is 0. The number of nitrogens with one attached hydrogen (secondary N) is 2. The smallest absolute Gasteiger partial charge is 0.166 e. The van der Waals surface area contributed by atoms with Crippen molar-refractivity contribution in [1.29, 1.82) is 0 Å². The van der Waals surface area contributed by atoms with Crippen molar-refractivity contribution < 1.29 is 0 Å². The lowest BCUT2D eigenvalue weighted by atomic mass is 9.98. The maximum Gasteiger partial charge on any atom is 0.166 e. The molecule has 0 bridgehead atoms. The van der Waals surface area contributed by atoms with Crippen molar-refractivity contribution in [3.63, 3.8) is 0 Å². The highest BCUT2D eigenvalue weighted by Gasteiger charge is 2.32. The second-order valence-electron chi connectivity index (χ2n) is 5.45. The van der Waals surface area contributed by atoms with E-state index in [-0.39, 0.29) is 0 Å². The Hall–Kier alpha value is -0.350. The van der Waals surface area contributed by atoms with Gasteiger partial charge in [-0.15, -0.1) is 0 Å². The Labute approximate surface area is 103 Å². The fourth-order valence-electron chi connectivity index (χ4n) is 3.00. The molecule has 0 amide bonds. The van der Waals surface area contributed by atoms with Crippen molar-refractivity contribution in [2.45, 2.75) is 56.7 Å². The minimum Gasteiger partial charge on any atom is -0.360 e. The molecule has 0 aromatic heterocycles. The predicted molar refractivity (Wildman–Crippen MR) is 69.5 cm³/mol. The Balaban J connectivity index is 1.46. The number of nitrogens with zero attached hydrogens (tertiary/aromatic N) is 1. The first-order chi connectivity index (χ1) is 7.81. The molecular weight excluding hydrogens is 218 g/mol. The fourth-order valence-corrected chi connectivity index (χ4v) is 3.33. The number of thiocarbonyl (C=S) groups is 1. The van der Waals surface area contributed by atoms with E-state index in [9.17, 15) is 0 Å². The Morgan fingerprint density at radius 1 is 1.00 bits per heavy atom. The van der Waals surface area contributed by atoms with Crippen LogP contribution in [0.15, 0.2) is 0 Å². The van der Waals surface area contributed by atoms with Gasteiger partial charge in [0.25, 0.3) is 0 Å². The second kappa shape index (κ2) is 4.49. The molecule has 0 spiro atoms. The standard InChI is InChI=1S/C12H21N3S/c16-12(13-9-3-4-9)14-10-5-7-15-6-1-2-11(15)8-10/h9-11H,1-8H2,(H2,13,14,16). The van der Waals surface area contributed by atoms with E-state index in [0.29, 0.717) is 12.1 Å². The highest BCUT2D eigenvalue weighted by molar-refractivity contribution is 7.80. The molecule has 2 atom stereocenters. The van der Waals surface area contributed by atoms with E-state index in [2.05, 4.69) is 15.5 Å². The van der Waals surface area contributed by atoms with Gasteiger partial charge in [0.15, 0.2) is 5.11 Å². The second-order valence-corrected chi connectivity index (χ2v) is 5.85. The highest BCUT2D eigenvalue weighted by atomic mass is 32.1. The fraction of sp³-hybridized carbons (Fsp3) is 0.917. The highest BCUT2D eigenvalue weighted by Crippen LogP contribution is 2.26. The van der Waals surface area contributed by atoms with Gasteiger partial charge >= 0.3 is 0 Å². The molecule has 3 nitrogen and oxygen atoms in total. The van der Waals surface area contributed by atoms with Crippen LogP contribution in [-0.2, 0) is 0 Å². The molecule has 2 heterocycles. The van der Waals surface area contributed by atoms with Gasteiger partial charge in [-0.25, -0.2) is 0 Å². The number of piperidine rings is 1. The average molecular weight is 239 g/mol. The Kier molecular flexibility index (Phi) is 3.03. The summed E-state index contributed by atoms with van der Waals surface area (Å²) in [6, 6.07) is 2.11. The van der Waals surface area contributed by atoms with Crippen molar-refractivity contribution in [2.75, 3.05) is 13.1 Å². The van der Waals surface area contributed by atoms with Gasteiger partial charge in [0, 0.05) is 24.7 Å². The molecule has 3 rings (SSSR count). The van der Waals surface area contributed by atoms with Gasteiger partial charge in [0.2, 0.25) is 0 Å². The van der Waals surface area contributed by atoms with Gasteiger partial charge < -0.3 is 15.5 Å². The van der Waals surface area contributed by atoms with Crippen molar-refractivity contribution in [3.05, 3.63) is 0 Å². The molecule has 1 aliphatic carbocycles. The van der Waals surface area contributed by atoms with Gasteiger partial charge in [0.05, 0.1) is 0 Å². The predicted octanol–water partition coefficient (Wildman–Crippen LogP) is 1.24. The van der Waals surface area contributed by atoms with Gasteiger partial charge in [-0.05, 0) is 57.3 Å². The van der Waals surface area contributed by atoms with Crippen LogP contribution < -0.4 is 10.6 Å². The first-order valence-corrected chi connectivity index (χ1v) is 7.03. The normalized spacial score (nSPS) is 34.5. The summed E-state index contributed by atoms with van der Waals surface area (Å²) in [4.78, 5) is 2.65. The monoisotopic (exact) mass is 239 g/mol. The molecule has 90 valence electrons. The summed E-state index contributed by atoms with van der Waals surface area (Å²) in [6.45, 7) is 2.58. The Morgan fingerprint density at radius 2 is 1.81 bits per heavy atom. The third-order valence-corrected chi connectivity index (χ3v) is 4.30. The molecule has 3 fully saturated rings. The number of hydrogen-bond donors (Lipinski definition) is 2. The first-order valence-electron chi connectivity index (χ1n) is 6.62. The molecule has 0 aromatic rings. The van der Waals surface area contributed by atoms with E-state index in [4.69, 9.17) is 12.2 Å². The van der Waals surface area contributed by atoms with E-state index in [1.807, 2.05) is 0 Å². The zero-order valence-corrected chi connectivity index (χ0v) is 10.6. The minimum absolute atomic E-state index is 0.609. The quantitative estimate of drug-likeness (QED) is 0.709. The molecule has 2 saturated heterocycles. The lowest BCUT2D eigenvalue weighted by Gasteiger charge is -2.35. The van der Waals surface area contributed by atoms with E-state index in [1.54, 1.807) is 0 Å². The summed E-state index contributed by atoms with van der Waals surface area (Å²) in [6.07, 6.45) is 7.91. The van der Waals surface area contributed by atoms with E-state index < -0.39 is 0 Å². The number of hydrogen-bond acceptors (Lipinski definition) is 2. The lowest BCUT2D eigenvalue weighted by molar-refractivity contribution is 0.175. The van der Waals surface area contributed by atoms with Crippen molar-refractivity contribution in [3.8, 4) is 0 Å². The zero-order valence-electron chi connectivity index (χ0n) is 9.74. The first kappa shape index (κ1) is 10.8. The molecular formula is C12H21N3S. The van der Waals surface area contributed by atoms with Crippen LogP contribution in [0.1, 0.15) is 38.5 Å². The molecule has 1 saturated carbocycles. The van der Waals surface area contributed by atoms with Crippen molar-refractivity contribution in [1.82, 2.24) is 15.5 Å². The third-order valence-electron chi connectivity index (χ3n) is 4.07. The van der Waals surface area contributed by atoms with Gasteiger partial charge in [-0.2, -0.15) is 0 Å². The molecule has 2 unspecified atom stereocenters. The lowest BCUT2D eigenvalue weighted by Crippen LogP contribution is -2.50. The molecule has 3 aliphatic rings. The van der Waals surface area contributed by atoms with Crippen molar-refractivity contribution in [2.24, 2.45) is 0 Å². The van der Waals surface area contributed by atoms with Crippen LogP contribution in [0.5, 0.6) is 0 Å². The molecule has 16 heavy (non-hydrogen) atoms. The largest absolute Gasteiger partial charge is 0.360 e. The molecule has 2 aliphatic heterocycles. The van der Waals surface area contributed by atoms with E-state index in [1.165, 1.54) is 51.6 Å². The molecule has 2 N–H and O–H groups in total. The van der Waals surface area contributed by atoms with Crippen LogP contribution in [0.2, 0.25) is 0 Å². The maximum atomic E-state index is 5.34. The maximum absolute atomic E-state index is 5.34. The third kappa shape index (κ3) is 2.48. The van der Waals surface area contributed by atoms with Crippen LogP contribution in [0.3, 0.4) is 0 Å². The van der Waals surface area contributed by atoms with E-state index in [0.717, 1.165) is 11.2 Å². The molecule has 0 aromatic carbocycles. The summed E-state index contributed by atoms with van der Waals surface area (Å²) in [5, 5.41) is 7.75. The molecule has 4 heteroatoms. The van der Waals surface area contributed by atoms with Crippen LogP contribution in [0.4, 0.5) is 0 Å². The number of fused-ring (bicyclic) bond motifs is 1. The van der Waals surface area contributed by atoms with Gasteiger partial charge in [0.1, 0.15) is 0 Å². The summed E-state index contributed by atoms with van der Waals surface area (Å²) in [5.41, 5.74) is 0. The SMILES string of the molecule is S=C(NC1CC1)NC1CCN2CCCC2C1. The Morgan fingerprint density at radius 3 is 2.62 bits per heavy atom. The summed E-state index contributed by atoms with van der Waals surface area (Å²) in [7, 11) is 0. The van der Waals surface area contributed by atoms with Crippen molar-refractivity contribution >= 4 is 17.3 Å². The molecule has 0 radical (unpaired) electrons. The van der Waals surface area contributed by atoms with Gasteiger partial charge in [-0.3, -0.25) is 0 Å². The zero-order chi connectivity index (χ0) is 11.0. The van der Waals surface area contributed by atoms with Gasteiger partial charge in [-0.1, -0.05) is 0 Å². The average Bonchev–Trinajstić information content (AvgIpc) is 2.95. The van der Waals surface area contributed by atoms with Crippen LogP contribution in [0.25, 0.3) is 0 Å². The van der Waals surface area contributed by atoms with Crippen LogP contribution in [0, 0.1) is 0 Å². The summed E-state index contributed by atoms with van der Waals surface area (Å²) in [5.74, 6) is 0. The van der Waals surface area contributed by atoms with Crippen LogP contribution in [-0.4, -0.2) is 41.2 Å². The minimum atomic E-state index is 0.609. The Bertz CT molecular complexity index is 277.